The minimum atomic E-state index is -0.438. The maximum atomic E-state index is 11.6. The molecule has 0 spiro atoms. The molecule has 0 N–H and O–H groups in total. The normalized spacial score (nSPS) is 10.3. The molecule has 1 aromatic carbocycles. The number of nitrogens with zero attached hydrogens (tertiary/aromatic N) is 1. The predicted molar refractivity (Wildman–Crippen MR) is 67.2 cm³/mol. The quantitative estimate of drug-likeness (QED) is 0.855. The Labute approximate surface area is 106 Å². The van der Waals surface area contributed by atoms with E-state index in [2.05, 4.69) is 20.9 Å². The molecule has 1 heterocycles. The fourth-order valence-corrected chi connectivity index (χ4v) is 1.79. The molecule has 4 nitrogen and oxygen atoms in total. The molecule has 1 aromatic heterocycles. The van der Waals surface area contributed by atoms with Gasteiger partial charge in [-0.3, -0.25) is 0 Å². The van der Waals surface area contributed by atoms with Crippen LogP contribution in [-0.2, 0) is 0 Å². The topological polar surface area (TPSA) is 52.3 Å². The van der Waals surface area contributed by atoms with E-state index in [9.17, 15) is 4.79 Å². The summed E-state index contributed by atoms with van der Waals surface area (Å²) in [5.41, 5.74) is 0.646. The molecule has 0 fully saturated rings. The summed E-state index contributed by atoms with van der Waals surface area (Å²) in [5.74, 6) is 0.537. The summed E-state index contributed by atoms with van der Waals surface area (Å²) >= 11 is 3.35. The van der Waals surface area contributed by atoms with Crippen molar-refractivity contribution in [2.75, 3.05) is 7.11 Å². The van der Waals surface area contributed by atoms with Crippen LogP contribution in [0.15, 0.2) is 37.9 Å². The number of ether oxygens (including phenoxy) is 1. The van der Waals surface area contributed by atoms with Gasteiger partial charge in [-0.2, -0.15) is 4.98 Å². The number of rotatable bonds is 2. The molecule has 0 radical (unpaired) electrons. The predicted octanol–water partition coefficient (Wildman–Crippen LogP) is 2.78. The molecule has 2 aromatic rings. The zero-order valence-corrected chi connectivity index (χ0v) is 10.9. The monoisotopic (exact) mass is 295 g/mol. The molecule has 0 saturated heterocycles. The molecule has 2 rings (SSSR count). The third kappa shape index (κ3) is 2.39. The minimum Gasteiger partial charge on any atom is -0.481 e. The van der Waals surface area contributed by atoms with Crippen LogP contribution >= 0.6 is 15.9 Å². The van der Waals surface area contributed by atoms with E-state index in [1.165, 1.54) is 7.11 Å². The van der Waals surface area contributed by atoms with Gasteiger partial charge in [-0.05, 0) is 25.1 Å². The Morgan fingerprint density at radius 3 is 2.82 bits per heavy atom. The minimum absolute atomic E-state index is 0.249. The molecule has 0 bridgehead atoms. The van der Waals surface area contributed by atoms with Crippen LogP contribution in [-0.4, -0.2) is 12.1 Å². The number of methoxy groups -OCH3 is 1. The van der Waals surface area contributed by atoms with E-state index in [0.29, 0.717) is 5.56 Å². The third-order valence-electron chi connectivity index (χ3n) is 2.28. The maximum absolute atomic E-state index is 11.6. The van der Waals surface area contributed by atoms with Gasteiger partial charge in [0.05, 0.1) is 12.7 Å². The second-order valence-corrected chi connectivity index (χ2v) is 4.37. The van der Waals surface area contributed by atoms with Crippen molar-refractivity contribution >= 4 is 15.9 Å². The molecule has 0 unspecified atom stereocenters. The summed E-state index contributed by atoms with van der Waals surface area (Å²) in [4.78, 5) is 15.7. The number of benzene rings is 1. The van der Waals surface area contributed by atoms with Crippen LogP contribution in [0.5, 0.6) is 5.88 Å². The lowest BCUT2D eigenvalue weighted by Gasteiger charge is -2.04. The molecule has 0 amide bonds. The van der Waals surface area contributed by atoms with Gasteiger partial charge in [-0.25, -0.2) is 4.79 Å². The molecule has 0 saturated carbocycles. The zero-order valence-electron chi connectivity index (χ0n) is 9.36. The Hall–Kier alpha value is -1.62. The van der Waals surface area contributed by atoms with Crippen molar-refractivity contribution in [2.45, 2.75) is 6.92 Å². The lowest BCUT2D eigenvalue weighted by molar-refractivity contribution is 0.375. The summed E-state index contributed by atoms with van der Waals surface area (Å²) in [6, 6.07) is 7.35. The van der Waals surface area contributed by atoms with Crippen LogP contribution in [0.3, 0.4) is 0 Å². The SMILES string of the molecule is COc1nc(-c2cccc(Br)c2)oc(=O)c1C. The molecular weight excluding hydrogens is 286 g/mol. The number of aromatic nitrogens is 1. The first-order chi connectivity index (χ1) is 8.11. The van der Waals surface area contributed by atoms with Gasteiger partial charge in [-0.15, -0.1) is 0 Å². The highest BCUT2D eigenvalue weighted by Gasteiger charge is 2.11. The number of halogens is 1. The Kier molecular flexibility index (Phi) is 3.28. The molecule has 17 heavy (non-hydrogen) atoms. The molecule has 0 aliphatic rings. The first kappa shape index (κ1) is 11.9. The highest BCUT2D eigenvalue weighted by Crippen LogP contribution is 2.22. The average Bonchev–Trinajstić information content (AvgIpc) is 2.32. The number of hydrogen-bond donors (Lipinski definition) is 0. The maximum Gasteiger partial charge on any atom is 0.345 e. The van der Waals surface area contributed by atoms with Gasteiger partial charge in [0.1, 0.15) is 0 Å². The lowest BCUT2D eigenvalue weighted by Crippen LogP contribution is -2.08. The van der Waals surface area contributed by atoms with E-state index < -0.39 is 5.63 Å². The van der Waals surface area contributed by atoms with Gasteiger partial charge in [0, 0.05) is 10.0 Å². The van der Waals surface area contributed by atoms with Gasteiger partial charge in [0.25, 0.3) is 0 Å². The second kappa shape index (κ2) is 4.71. The van der Waals surface area contributed by atoms with Crippen molar-refractivity contribution in [3.63, 3.8) is 0 Å². The summed E-state index contributed by atoms with van der Waals surface area (Å²) in [6.07, 6.45) is 0. The van der Waals surface area contributed by atoms with Crippen molar-refractivity contribution in [1.82, 2.24) is 4.98 Å². The van der Waals surface area contributed by atoms with Gasteiger partial charge in [0.2, 0.25) is 11.8 Å². The Balaban J connectivity index is 2.61. The van der Waals surface area contributed by atoms with Crippen molar-refractivity contribution in [3.8, 4) is 17.3 Å². The third-order valence-corrected chi connectivity index (χ3v) is 2.78. The van der Waals surface area contributed by atoms with Crippen LogP contribution in [0.1, 0.15) is 5.56 Å². The summed E-state index contributed by atoms with van der Waals surface area (Å²) in [7, 11) is 1.47. The average molecular weight is 296 g/mol. The van der Waals surface area contributed by atoms with Crippen molar-refractivity contribution in [3.05, 3.63) is 44.7 Å². The molecule has 0 aliphatic carbocycles. The van der Waals surface area contributed by atoms with Crippen LogP contribution in [0.4, 0.5) is 0 Å². The van der Waals surface area contributed by atoms with Crippen LogP contribution < -0.4 is 10.4 Å². The summed E-state index contributed by atoms with van der Waals surface area (Å²) in [5, 5.41) is 0. The van der Waals surface area contributed by atoms with Crippen LogP contribution in [0.2, 0.25) is 0 Å². The fourth-order valence-electron chi connectivity index (χ4n) is 1.39. The fraction of sp³-hybridized carbons (Fsp3) is 0.167. The summed E-state index contributed by atoms with van der Waals surface area (Å²) < 4.78 is 11.0. The largest absolute Gasteiger partial charge is 0.481 e. The molecule has 88 valence electrons. The highest BCUT2D eigenvalue weighted by molar-refractivity contribution is 9.10. The smallest absolute Gasteiger partial charge is 0.345 e. The van der Waals surface area contributed by atoms with Gasteiger partial charge >= 0.3 is 5.63 Å². The Morgan fingerprint density at radius 1 is 1.41 bits per heavy atom. The van der Waals surface area contributed by atoms with Crippen molar-refractivity contribution in [1.29, 1.82) is 0 Å². The Morgan fingerprint density at radius 2 is 2.18 bits per heavy atom. The highest BCUT2D eigenvalue weighted by atomic mass is 79.9. The molecule has 0 aliphatic heterocycles. The Bertz CT molecular complexity index is 607. The van der Waals surface area contributed by atoms with E-state index in [0.717, 1.165) is 10.0 Å². The van der Waals surface area contributed by atoms with Crippen molar-refractivity contribution < 1.29 is 9.15 Å². The van der Waals surface area contributed by atoms with Gasteiger partial charge in [-0.1, -0.05) is 22.0 Å². The van der Waals surface area contributed by atoms with E-state index in [-0.39, 0.29) is 11.8 Å². The molecule has 0 atom stereocenters. The standard InChI is InChI=1S/C12H10BrNO3/c1-7-10(16-2)14-11(17-12(7)15)8-4-3-5-9(13)6-8/h3-6H,1-2H3. The molecule has 5 heteroatoms. The second-order valence-electron chi connectivity index (χ2n) is 3.45. The van der Waals surface area contributed by atoms with E-state index in [1.54, 1.807) is 6.92 Å². The van der Waals surface area contributed by atoms with E-state index in [1.807, 2.05) is 24.3 Å². The summed E-state index contributed by atoms with van der Waals surface area (Å²) in [6.45, 7) is 1.61. The number of hydrogen-bond acceptors (Lipinski definition) is 4. The van der Waals surface area contributed by atoms with E-state index in [4.69, 9.17) is 9.15 Å². The first-order valence-corrected chi connectivity index (χ1v) is 5.73. The molecular formula is C12H10BrNO3. The van der Waals surface area contributed by atoms with Gasteiger partial charge in [0.15, 0.2) is 0 Å². The van der Waals surface area contributed by atoms with Crippen molar-refractivity contribution in [2.24, 2.45) is 0 Å². The first-order valence-electron chi connectivity index (χ1n) is 4.93. The van der Waals surface area contributed by atoms with Crippen LogP contribution in [0.25, 0.3) is 11.5 Å². The van der Waals surface area contributed by atoms with E-state index >= 15 is 0 Å². The zero-order chi connectivity index (χ0) is 12.4. The van der Waals surface area contributed by atoms with Crippen LogP contribution in [0, 0.1) is 6.92 Å². The lowest BCUT2D eigenvalue weighted by atomic mass is 10.2. The van der Waals surface area contributed by atoms with Gasteiger partial charge < -0.3 is 9.15 Å².